The van der Waals surface area contributed by atoms with Crippen LogP contribution in [0, 0.1) is 0 Å². The molecule has 1 heterocycles. The van der Waals surface area contributed by atoms with E-state index in [1.807, 2.05) is 48.5 Å². The van der Waals surface area contributed by atoms with Crippen molar-refractivity contribution in [2.45, 2.75) is 13.2 Å². The molecule has 1 aromatic heterocycles. The van der Waals surface area contributed by atoms with Gasteiger partial charge < -0.3 is 14.4 Å². The highest BCUT2D eigenvalue weighted by Crippen LogP contribution is 2.18. The maximum absolute atomic E-state index is 9.14. The maximum Gasteiger partial charge on any atom is 0.119 e. The fourth-order valence-electron chi connectivity index (χ4n) is 2.32. The Labute approximate surface area is 118 Å². The number of aromatic nitrogens is 1. The van der Waals surface area contributed by atoms with Gasteiger partial charge >= 0.3 is 0 Å². The second-order valence-electron chi connectivity index (χ2n) is 4.72. The minimum Gasteiger partial charge on any atom is -0.492 e. The predicted octanol–water partition coefficient (Wildman–Crippen LogP) is 3.21. The fraction of sp³-hybridized carbons (Fsp3) is 0.176. The smallest absolute Gasteiger partial charge is 0.119 e. The van der Waals surface area contributed by atoms with Gasteiger partial charge in [0.1, 0.15) is 12.4 Å². The molecule has 3 rings (SSSR count). The molecule has 0 fully saturated rings. The van der Waals surface area contributed by atoms with Crippen molar-refractivity contribution >= 4 is 10.9 Å². The number of rotatable bonds is 5. The topological polar surface area (TPSA) is 34.4 Å². The third-order valence-corrected chi connectivity index (χ3v) is 3.36. The molecule has 102 valence electrons. The van der Waals surface area contributed by atoms with E-state index in [-0.39, 0.29) is 6.61 Å². The van der Waals surface area contributed by atoms with Crippen molar-refractivity contribution in [1.29, 1.82) is 0 Å². The summed E-state index contributed by atoms with van der Waals surface area (Å²) in [6, 6.07) is 17.9. The molecule has 0 spiro atoms. The van der Waals surface area contributed by atoms with Gasteiger partial charge in [0.05, 0.1) is 13.2 Å². The Bertz CT molecular complexity index is 689. The first kappa shape index (κ1) is 12.8. The lowest BCUT2D eigenvalue weighted by Gasteiger charge is -2.08. The monoisotopic (exact) mass is 267 g/mol. The normalized spacial score (nSPS) is 10.8. The van der Waals surface area contributed by atoms with Gasteiger partial charge in [-0.1, -0.05) is 24.3 Å². The molecule has 0 aliphatic rings. The minimum absolute atomic E-state index is 0.0816. The Morgan fingerprint density at radius 3 is 2.65 bits per heavy atom. The highest BCUT2D eigenvalue weighted by molar-refractivity contribution is 5.80. The van der Waals surface area contributed by atoms with E-state index in [2.05, 4.69) is 16.8 Å². The number of aliphatic hydroxyl groups is 1. The molecule has 0 saturated carbocycles. The quantitative estimate of drug-likeness (QED) is 0.770. The van der Waals surface area contributed by atoms with Crippen LogP contribution in [0.15, 0.2) is 60.8 Å². The van der Waals surface area contributed by atoms with Crippen LogP contribution in [0.2, 0.25) is 0 Å². The average molecular weight is 267 g/mol. The summed E-state index contributed by atoms with van der Waals surface area (Å²) in [6.45, 7) is 1.52. The highest BCUT2D eigenvalue weighted by Gasteiger charge is 2.02. The summed E-state index contributed by atoms with van der Waals surface area (Å²) in [4.78, 5) is 0. The third-order valence-electron chi connectivity index (χ3n) is 3.36. The molecule has 2 aromatic carbocycles. The van der Waals surface area contributed by atoms with E-state index in [0.717, 1.165) is 23.2 Å². The van der Waals surface area contributed by atoms with Crippen molar-refractivity contribution in [1.82, 2.24) is 4.57 Å². The van der Waals surface area contributed by atoms with E-state index in [1.165, 1.54) is 5.52 Å². The summed E-state index contributed by atoms with van der Waals surface area (Å²) in [5.74, 6) is 0.895. The Kier molecular flexibility index (Phi) is 3.70. The second kappa shape index (κ2) is 5.80. The van der Waals surface area contributed by atoms with Crippen molar-refractivity contribution in [2.24, 2.45) is 0 Å². The van der Waals surface area contributed by atoms with Crippen LogP contribution < -0.4 is 4.74 Å². The Hall–Kier alpha value is -2.26. The highest BCUT2D eigenvalue weighted by atomic mass is 16.5. The average Bonchev–Trinajstić information content (AvgIpc) is 2.91. The Morgan fingerprint density at radius 1 is 1.00 bits per heavy atom. The molecule has 1 N–H and O–H groups in total. The number of benzene rings is 2. The van der Waals surface area contributed by atoms with Gasteiger partial charge in [0.2, 0.25) is 0 Å². The standard InChI is InChI=1S/C17H17NO2/c19-13-14-6-7-17-15(12-14)8-9-18(17)10-11-20-16-4-2-1-3-5-16/h1-9,12,19H,10-11,13H2. The zero-order chi connectivity index (χ0) is 13.8. The van der Waals surface area contributed by atoms with Gasteiger partial charge in [-0.3, -0.25) is 0 Å². The number of fused-ring (bicyclic) bond motifs is 1. The Balaban J connectivity index is 1.69. The molecule has 20 heavy (non-hydrogen) atoms. The molecule has 0 radical (unpaired) electrons. The van der Waals surface area contributed by atoms with E-state index in [4.69, 9.17) is 9.84 Å². The lowest BCUT2D eigenvalue weighted by molar-refractivity contribution is 0.282. The van der Waals surface area contributed by atoms with E-state index in [1.54, 1.807) is 0 Å². The van der Waals surface area contributed by atoms with Crippen molar-refractivity contribution in [2.75, 3.05) is 6.61 Å². The van der Waals surface area contributed by atoms with E-state index in [0.29, 0.717) is 6.61 Å². The van der Waals surface area contributed by atoms with Crippen molar-refractivity contribution in [3.05, 3.63) is 66.4 Å². The number of hydrogen-bond donors (Lipinski definition) is 1. The number of aliphatic hydroxyl groups excluding tert-OH is 1. The first-order valence-corrected chi connectivity index (χ1v) is 6.73. The van der Waals surface area contributed by atoms with E-state index >= 15 is 0 Å². The van der Waals surface area contributed by atoms with Gasteiger partial charge in [-0.25, -0.2) is 0 Å². The van der Waals surface area contributed by atoms with Crippen LogP contribution in [-0.2, 0) is 13.2 Å². The lowest BCUT2D eigenvalue weighted by Crippen LogP contribution is -2.07. The van der Waals surface area contributed by atoms with Crippen LogP contribution in [0.1, 0.15) is 5.56 Å². The van der Waals surface area contributed by atoms with Crippen molar-refractivity contribution in [3.63, 3.8) is 0 Å². The minimum atomic E-state index is 0.0816. The maximum atomic E-state index is 9.14. The molecule has 3 heteroatoms. The predicted molar refractivity (Wildman–Crippen MR) is 79.8 cm³/mol. The molecule has 0 atom stereocenters. The van der Waals surface area contributed by atoms with Crippen LogP contribution in [-0.4, -0.2) is 16.3 Å². The van der Waals surface area contributed by atoms with E-state index < -0.39 is 0 Å². The largest absolute Gasteiger partial charge is 0.492 e. The van der Waals surface area contributed by atoms with Gasteiger partial charge in [-0.2, -0.15) is 0 Å². The molecule has 3 nitrogen and oxygen atoms in total. The van der Waals surface area contributed by atoms with Crippen LogP contribution >= 0.6 is 0 Å². The molecule has 3 aromatic rings. The third kappa shape index (κ3) is 2.68. The van der Waals surface area contributed by atoms with Crippen molar-refractivity contribution in [3.8, 4) is 5.75 Å². The number of nitrogens with zero attached hydrogens (tertiary/aromatic N) is 1. The van der Waals surface area contributed by atoms with Crippen LogP contribution in [0.5, 0.6) is 5.75 Å². The fourth-order valence-corrected chi connectivity index (χ4v) is 2.32. The van der Waals surface area contributed by atoms with Gasteiger partial charge in [0.25, 0.3) is 0 Å². The zero-order valence-corrected chi connectivity index (χ0v) is 11.2. The summed E-state index contributed by atoms with van der Waals surface area (Å²) in [6.07, 6.45) is 2.06. The number of hydrogen-bond acceptors (Lipinski definition) is 2. The first-order chi connectivity index (χ1) is 9.86. The molecule has 0 aliphatic carbocycles. The number of ether oxygens (including phenoxy) is 1. The van der Waals surface area contributed by atoms with Crippen LogP contribution in [0.25, 0.3) is 10.9 Å². The molecular weight excluding hydrogens is 250 g/mol. The van der Waals surface area contributed by atoms with Crippen molar-refractivity contribution < 1.29 is 9.84 Å². The molecule has 0 saturated heterocycles. The zero-order valence-electron chi connectivity index (χ0n) is 11.2. The number of para-hydroxylation sites is 1. The first-order valence-electron chi connectivity index (χ1n) is 6.73. The molecule has 0 bridgehead atoms. The summed E-state index contributed by atoms with van der Waals surface area (Å²) >= 11 is 0. The van der Waals surface area contributed by atoms with Gasteiger partial charge in [-0.15, -0.1) is 0 Å². The Morgan fingerprint density at radius 2 is 1.85 bits per heavy atom. The summed E-state index contributed by atoms with van der Waals surface area (Å²) in [7, 11) is 0. The lowest BCUT2D eigenvalue weighted by atomic mass is 10.2. The van der Waals surface area contributed by atoms with Gasteiger partial charge in [0.15, 0.2) is 0 Å². The van der Waals surface area contributed by atoms with Crippen LogP contribution in [0.4, 0.5) is 0 Å². The second-order valence-corrected chi connectivity index (χ2v) is 4.72. The summed E-state index contributed by atoms with van der Waals surface area (Å²) in [5, 5.41) is 10.3. The summed E-state index contributed by atoms with van der Waals surface area (Å²) < 4.78 is 7.88. The molecule has 0 aliphatic heterocycles. The van der Waals surface area contributed by atoms with Gasteiger partial charge in [0, 0.05) is 11.7 Å². The van der Waals surface area contributed by atoms with Gasteiger partial charge in [-0.05, 0) is 41.3 Å². The molecular formula is C17H17NO2. The van der Waals surface area contributed by atoms with E-state index in [9.17, 15) is 0 Å². The summed E-state index contributed by atoms with van der Waals surface area (Å²) in [5.41, 5.74) is 2.11. The van der Waals surface area contributed by atoms with Crippen LogP contribution in [0.3, 0.4) is 0 Å². The molecule has 0 amide bonds. The SMILES string of the molecule is OCc1ccc2c(ccn2CCOc2ccccc2)c1. The molecule has 0 unspecified atom stereocenters.